The third kappa shape index (κ3) is 4.18. The van der Waals surface area contributed by atoms with Crippen LogP contribution >= 0.6 is 15.9 Å². The Morgan fingerprint density at radius 1 is 1.24 bits per heavy atom. The SMILES string of the molecule is COc1cc(CO)cc(Br)c1OCCCCO. The van der Waals surface area contributed by atoms with Crippen molar-refractivity contribution in [3.05, 3.63) is 22.2 Å². The van der Waals surface area contributed by atoms with Crippen molar-refractivity contribution in [2.75, 3.05) is 20.3 Å². The fourth-order valence-electron chi connectivity index (χ4n) is 1.39. The first-order valence-electron chi connectivity index (χ1n) is 5.43. The van der Waals surface area contributed by atoms with Gasteiger partial charge in [0, 0.05) is 6.61 Å². The monoisotopic (exact) mass is 304 g/mol. The minimum atomic E-state index is -0.0419. The fraction of sp³-hybridized carbons (Fsp3) is 0.500. The summed E-state index contributed by atoms with van der Waals surface area (Å²) >= 11 is 3.38. The second-order valence-corrected chi connectivity index (χ2v) is 4.40. The number of methoxy groups -OCH3 is 1. The summed E-state index contributed by atoms with van der Waals surface area (Å²) < 4.78 is 11.6. The van der Waals surface area contributed by atoms with Gasteiger partial charge in [-0.2, -0.15) is 0 Å². The molecule has 2 N–H and O–H groups in total. The van der Waals surface area contributed by atoms with Crippen LogP contribution in [-0.4, -0.2) is 30.5 Å². The number of rotatable bonds is 7. The molecule has 96 valence electrons. The van der Waals surface area contributed by atoms with Gasteiger partial charge in [0.1, 0.15) is 0 Å². The van der Waals surface area contributed by atoms with Crippen molar-refractivity contribution in [3.8, 4) is 11.5 Å². The average molecular weight is 305 g/mol. The van der Waals surface area contributed by atoms with E-state index in [0.717, 1.165) is 16.5 Å². The number of hydrogen-bond donors (Lipinski definition) is 2. The highest BCUT2D eigenvalue weighted by molar-refractivity contribution is 9.10. The lowest BCUT2D eigenvalue weighted by Crippen LogP contribution is -2.02. The van der Waals surface area contributed by atoms with Crippen molar-refractivity contribution in [3.63, 3.8) is 0 Å². The molecule has 1 rings (SSSR count). The minimum Gasteiger partial charge on any atom is -0.493 e. The predicted molar refractivity (Wildman–Crippen MR) is 68.4 cm³/mol. The maximum atomic E-state index is 9.07. The highest BCUT2D eigenvalue weighted by atomic mass is 79.9. The van der Waals surface area contributed by atoms with Crippen molar-refractivity contribution in [1.29, 1.82) is 0 Å². The average Bonchev–Trinajstić information content (AvgIpc) is 2.35. The number of hydrogen-bond acceptors (Lipinski definition) is 4. The lowest BCUT2D eigenvalue weighted by molar-refractivity contribution is 0.246. The van der Waals surface area contributed by atoms with Crippen LogP contribution in [0.5, 0.6) is 11.5 Å². The summed E-state index contributed by atoms with van der Waals surface area (Å²) in [5.74, 6) is 1.22. The fourth-order valence-corrected chi connectivity index (χ4v) is 2.00. The molecule has 0 heterocycles. The Bertz CT molecular complexity index is 355. The second kappa shape index (κ2) is 7.53. The van der Waals surface area contributed by atoms with Crippen LogP contribution in [0.2, 0.25) is 0 Å². The van der Waals surface area contributed by atoms with Gasteiger partial charge in [-0.15, -0.1) is 0 Å². The van der Waals surface area contributed by atoms with Crippen LogP contribution in [0.3, 0.4) is 0 Å². The smallest absolute Gasteiger partial charge is 0.175 e. The zero-order valence-corrected chi connectivity index (χ0v) is 11.4. The normalized spacial score (nSPS) is 10.4. The highest BCUT2D eigenvalue weighted by Gasteiger charge is 2.11. The van der Waals surface area contributed by atoms with Crippen LogP contribution < -0.4 is 9.47 Å². The summed E-state index contributed by atoms with van der Waals surface area (Å²) in [4.78, 5) is 0. The van der Waals surface area contributed by atoms with Crippen molar-refractivity contribution >= 4 is 15.9 Å². The second-order valence-electron chi connectivity index (χ2n) is 3.55. The molecule has 0 radical (unpaired) electrons. The lowest BCUT2D eigenvalue weighted by atomic mass is 10.2. The number of ether oxygens (including phenoxy) is 2. The van der Waals surface area contributed by atoms with Crippen molar-refractivity contribution in [2.45, 2.75) is 19.4 Å². The third-order valence-corrected chi connectivity index (χ3v) is 2.86. The summed E-state index contributed by atoms with van der Waals surface area (Å²) in [6.45, 7) is 0.652. The molecule has 4 nitrogen and oxygen atoms in total. The van der Waals surface area contributed by atoms with Gasteiger partial charge in [-0.3, -0.25) is 0 Å². The van der Waals surface area contributed by atoms with E-state index in [-0.39, 0.29) is 13.2 Å². The molecule has 0 saturated heterocycles. The van der Waals surface area contributed by atoms with Crippen LogP contribution in [0.4, 0.5) is 0 Å². The van der Waals surface area contributed by atoms with Gasteiger partial charge in [-0.1, -0.05) is 0 Å². The molecule has 0 fully saturated rings. The summed E-state index contributed by atoms with van der Waals surface area (Å²) in [7, 11) is 1.56. The van der Waals surface area contributed by atoms with Crippen LogP contribution in [0.15, 0.2) is 16.6 Å². The van der Waals surface area contributed by atoms with E-state index >= 15 is 0 Å². The summed E-state index contributed by atoms with van der Waals surface area (Å²) in [5, 5.41) is 17.7. The highest BCUT2D eigenvalue weighted by Crippen LogP contribution is 2.36. The maximum absolute atomic E-state index is 9.07. The molecule has 0 bridgehead atoms. The molecule has 0 saturated carbocycles. The Morgan fingerprint density at radius 2 is 2.00 bits per heavy atom. The van der Waals surface area contributed by atoms with Gasteiger partial charge in [0.05, 0.1) is 24.8 Å². The lowest BCUT2D eigenvalue weighted by Gasteiger charge is -2.13. The van der Waals surface area contributed by atoms with E-state index in [2.05, 4.69) is 15.9 Å². The number of benzene rings is 1. The number of aliphatic hydroxyl groups excluding tert-OH is 2. The molecule has 0 aromatic heterocycles. The van der Waals surface area contributed by atoms with Crippen molar-refractivity contribution in [2.24, 2.45) is 0 Å². The molecule has 0 unspecified atom stereocenters. The minimum absolute atomic E-state index is 0.0419. The van der Waals surface area contributed by atoms with E-state index in [1.807, 2.05) is 0 Å². The van der Waals surface area contributed by atoms with E-state index in [4.69, 9.17) is 19.7 Å². The quantitative estimate of drug-likeness (QED) is 0.758. The summed E-state index contributed by atoms with van der Waals surface area (Å²) in [6, 6.07) is 3.54. The van der Waals surface area contributed by atoms with Crippen molar-refractivity contribution < 1.29 is 19.7 Å². The van der Waals surface area contributed by atoms with Gasteiger partial charge in [-0.05, 0) is 46.5 Å². The largest absolute Gasteiger partial charge is 0.493 e. The van der Waals surface area contributed by atoms with Gasteiger partial charge in [0.2, 0.25) is 0 Å². The first kappa shape index (κ1) is 14.3. The van der Waals surface area contributed by atoms with E-state index in [9.17, 15) is 0 Å². The molecule has 0 atom stereocenters. The Labute approximate surface area is 109 Å². The van der Waals surface area contributed by atoms with Gasteiger partial charge in [0.25, 0.3) is 0 Å². The topological polar surface area (TPSA) is 58.9 Å². The maximum Gasteiger partial charge on any atom is 0.175 e. The Kier molecular flexibility index (Phi) is 6.32. The standard InChI is InChI=1S/C12H17BrO4/c1-16-11-7-9(8-15)6-10(13)12(11)17-5-3-2-4-14/h6-7,14-15H,2-5,8H2,1H3. The van der Waals surface area contributed by atoms with Gasteiger partial charge in [-0.25, -0.2) is 0 Å². The Balaban J connectivity index is 2.75. The zero-order valence-electron chi connectivity index (χ0n) is 9.78. The Hall–Kier alpha value is -0.780. The van der Waals surface area contributed by atoms with Crippen molar-refractivity contribution in [1.82, 2.24) is 0 Å². The Morgan fingerprint density at radius 3 is 2.59 bits per heavy atom. The molecular formula is C12H17BrO4. The molecule has 0 aliphatic heterocycles. The van der Waals surface area contributed by atoms with Crippen LogP contribution in [0.25, 0.3) is 0 Å². The van der Waals surface area contributed by atoms with Gasteiger partial charge in [0.15, 0.2) is 11.5 Å². The molecule has 0 spiro atoms. The van der Waals surface area contributed by atoms with E-state index in [1.54, 1.807) is 19.2 Å². The molecule has 1 aromatic carbocycles. The molecule has 0 aliphatic rings. The van der Waals surface area contributed by atoms with Crippen LogP contribution in [0.1, 0.15) is 18.4 Å². The van der Waals surface area contributed by atoms with E-state index < -0.39 is 0 Å². The number of halogens is 1. The molecular weight excluding hydrogens is 288 g/mol. The zero-order chi connectivity index (χ0) is 12.7. The molecule has 0 aliphatic carbocycles. The van der Waals surface area contributed by atoms with E-state index in [0.29, 0.717) is 24.5 Å². The molecule has 17 heavy (non-hydrogen) atoms. The molecule has 5 heteroatoms. The van der Waals surface area contributed by atoms with Crippen LogP contribution in [0, 0.1) is 0 Å². The number of aliphatic hydroxyl groups is 2. The van der Waals surface area contributed by atoms with Crippen LogP contribution in [-0.2, 0) is 6.61 Å². The van der Waals surface area contributed by atoms with E-state index in [1.165, 1.54) is 0 Å². The number of unbranched alkanes of at least 4 members (excludes halogenated alkanes) is 1. The third-order valence-electron chi connectivity index (χ3n) is 2.27. The van der Waals surface area contributed by atoms with Gasteiger partial charge >= 0.3 is 0 Å². The molecule has 0 amide bonds. The first-order valence-corrected chi connectivity index (χ1v) is 6.23. The predicted octanol–water partition coefficient (Wildman–Crippen LogP) is 2.10. The summed E-state index contributed by atoms with van der Waals surface area (Å²) in [6.07, 6.45) is 1.50. The molecule has 1 aromatic rings. The summed E-state index contributed by atoms with van der Waals surface area (Å²) in [5.41, 5.74) is 0.761. The first-order chi connectivity index (χ1) is 8.22. The van der Waals surface area contributed by atoms with Gasteiger partial charge < -0.3 is 19.7 Å².